The highest BCUT2D eigenvalue weighted by molar-refractivity contribution is 5.86. The van der Waals surface area contributed by atoms with Crippen LogP contribution in [0.5, 0.6) is 0 Å². The molecule has 0 unspecified atom stereocenters. The van der Waals surface area contributed by atoms with Crippen LogP contribution in [0.4, 0.5) is 8.78 Å². The summed E-state index contributed by atoms with van der Waals surface area (Å²) in [5.41, 5.74) is 0.740. The molecule has 1 amide bonds. The van der Waals surface area contributed by atoms with Crippen LogP contribution >= 0.6 is 0 Å². The molecule has 0 saturated carbocycles. The van der Waals surface area contributed by atoms with Gasteiger partial charge in [0.05, 0.1) is 17.3 Å². The van der Waals surface area contributed by atoms with Crippen LogP contribution in [0.3, 0.4) is 0 Å². The first-order valence-corrected chi connectivity index (χ1v) is 7.86. The minimum Gasteiger partial charge on any atom is -0.463 e. The molecule has 0 bridgehead atoms. The SMILES string of the molecule is Cc1nn(CC(=O)NC(C)C)c2nc(-c3ccco3)cc(C(F)F)c12. The first-order chi connectivity index (χ1) is 11.9. The third-order valence-corrected chi connectivity index (χ3v) is 3.66. The summed E-state index contributed by atoms with van der Waals surface area (Å²) >= 11 is 0. The standard InChI is InChI=1S/C17H18F2N4O2/c1-9(2)20-14(24)8-23-17-15(10(3)22-23)11(16(18)19)7-12(21-17)13-5-4-6-25-13/h4-7,9,16H,8H2,1-3H3,(H,20,24). The number of nitrogens with one attached hydrogen (secondary N) is 1. The van der Waals surface area contributed by atoms with Gasteiger partial charge in [-0.1, -0.05) is 0 Å². The van der Waals surface area contributed by atoms with Crippen LogP contribution in [-0.4, -0.2) is 26.7 Å². The molecule has 3 heterocycles. The van der Waals surface area contributed by atoms with Crippen LogP contribution in [0.15, 0.2) is 28.9 Å². The van der Waals surface area contributed by atoms with Crippen LogP contribution in [0.2, 0.25) is 0 Å². The summed E-state index contributed by atoms with van der Waals surface area (Å²) in [5, 5.41) is 7.25. The van der Waals surface area contributed by atoms with Crippen molar-refractivity contribution in [2.24, 2.45) is 0 Å². The third kappa shape index (κ3) is 3.38. The van der Waals surface area contributed by atoms with Gasteiger partial charge in [-0.25, -0.2) is 18.4 Å². The van der Waals surface area contributed by atoms with E-state index >= 15 is 0 Å². The minimum absolute atomic E-state index is 0.0290. The zero-order valence-corrected chi connectivity index (χ0v) is 14.1. The molecule has 3 aromatic heterocycles. The Hall–Kier alpha value is -2.77. The van der Waals surface area contributed by atoms with Gasteiger partial charge >= 0.3 is 0 Å². The maximum atomic E-state index is 13.6. The molecule has 0 atom stereocenters. The average Bonchev–Trinajstić information content (AvgIpc) is 3.15. The topological polar surface area (TPSA) is 73.0 Å². The Balaban J connectivity index is 2.14. The minimum atomic E-state index is -2.69. The summed E-state index contributed by atoms with van der Waals surface area (Å²) < 4.78 is 33.8. The van der Waals surface area contributed by atoms with E-state index in [4.69, 9.17) is 4.42 Å². The molecule has 0 spiro atoms. The van der Waals surface area contributed by atoms with Gasteiger partial charge in [0.15, 0.2) is 11.4 Å². The van der Waals surface area contributed by atoms with Crippen LogP contribution < -0.4 is 5.32 Å². The molecule has 0 fully saturated rings. The number of carbonyl (C=O) groups is 1. The maximum absolute atomic E-state index is 13.6. The highest BCUT2D eigenvalue weighted by Gasteiger charge is 2.22. The number of carbonyl (C=O) groups excluding carboxylic acids is 1. The summed E-state index contributed by atoms with van der Waals surface area (Å²) in [6, 6.07) is 4.57. The van der Waals surface area contributed by atoms with Crippen LogP contribution in [0.25, 0.3) is 22.5 Å². The van der Waals surface area contributed by atoms with Crippen LogP contribution in [0.1, 0.15) is 31.5 Å². The number of amides is 1. The zero-order chi connectivity index (χ0) is 18.1. The lowest BCUT2D eigenvalue weighted by atomic mass is 10.1. The summed E-state index contributed by atoms with van der Waals surface area (Å²) in [6.45, 7) is 5.21. The van der Waals surface area contributed by atoms with Crippen molar-refractivity contribution < 1.29 is 18.0 Å². The number of alkyl halides is 2. The Labute approximate surface area is 142 Å². The quantitative estimate of drug-likeness (QED) is 0.766. The van der Waals surface area contributed by atoms with E-state index < -0.39 is 6.43 Å². The van der Waals surface area contributed by atoms with Crippen molar-refractivity contribution in [3.63, 3.8) is 0 Å². The second-order valence-corrected chi connectivity index (χ2v) is 6.04. The molecule has 3 aromatic rings. The molecule has 0 aliphatic rings. The zero-order valence-electron chi connectivity index (χ0n) is 14.1. The smallest absolute Gasteiger partial charge is 0.264 e. The number of aromatic nitrogens is 3. The van der Waals surface area contributed by atoms with E-state index in [0.717, 1.165) is 0 Å². The van der Waals surface area contributed by atoms with E-state index in [1.165, 1.54) is 17.0 Å². The van der Waals surface area contributed by atoms with Gasteiger partial charge < -0.3 is 9.73 Å². The molecule has 3 rings (SSSR count). The molecule has 6 nitrogen and oxygen atoms in total. The second-order valence-electron chi connectivity index (χ2n) is 6.04. The van der Waals surface area contributed by atoms with Gasteiger partial charge in [0.25, 0.3) is 6.43 Å². The Morgan fingerprint density at radius 3 is 2.76 bits per heavy atom. The van der Waals surface area contributed by atoms with Crippen molar-refractivity contribution in [1.29, 1.82) is 0 Å². The predicted molar refractivity (Wildman–Crippen MR) is 88.2 cm³/mol. The fourth-order valence-corrected chi connectivity index (χ4v) is 2.72. The summed E-state index contributed by atoms with van der Waals surface area (Å²) in [5.74, 6) is 0.115. The number of rotatable bonds is 5. The van der Waals surface area contributed by atoms with Gasteiger partial charge in [-0.3, -0.25) is 4.79 Å². The number of furan rings is 1. The van der Waals surface area contributed by atoms with E-state index in [1.54, 1.807) is 19.1 Å². The van der Waals surface area contributed by atoms with Crippen molar-refractivity contribution >= 4 is 16.9 Å². The fourth-order valence-electron chi connectivity index (χ4n) is 2.72. The number of aryl methyl sites for hydroxylation is 1. The highest BCUT2D eigenvalue weighted by Crippen LogP contribution is 2.33. The van der Waals surface area contributed by atoms with Gasteiger partial charge in [-0.15, -0.1) is 0 Å². The lowest BCUT2D eigenvalue weighted by Gasteiger charge is -2.09. The first-order valence-electron chi connectivity index (χ1n) is 7.86. The normalized spacial score (nSPS) is 11.6. The van der Waals surface area contributed by atoms with Gasteiger partial charge in [0.2, 0.25) is 5.91 Å². The third-order valence-electron chi connectivity index (χ3n) is 3.66. The Morgan fingerprint density at radius 1 is 1.40 bits per heavy atom. The average molecular weight is 348 g/mol. The van der Waals surface area contributed by atoms with E-state index in [2.05, 4.69) is 15.4 Å². The van der Waals surface area contributed by atoms with Gasteiger partial charge in [0.1, 0.15) is 12.2 Å². The lowest BCUT2D eigenvalue weighted by molar-refractivity contribution is -0.122. The summed E-state index contributed by atoms with van der Waals surface area (Å²) in [7, 11) is 0. The molecule has 132 valence electrons. The van der Waals surface area contributed by atoms with Crippen LogP contribution in [-0.2, 0) is 11.3 Å². The van der Waals surface area contributed by atoms with Gasteiger partial charge in [0, 0.05) is 11.6 Å². The number of pyridine rings is 1. The number of hydrogen-bond donors (Lipinski definition) is 1. The largest absolute Gasteiger partial charge is 0.463 e. The summed E-state index contributed by atoms with van der Waals surface area (Å²) in [4.78, 5) is 16.4. The van der Waals surface area contributed by atoms with Gasteiger partial charge in [-0.2, -0.15) is 5.10 Å². The van der Waals surface area contributed by atoms with Crippen molar-refractivity contribution in [2.45, 2.75) is 39.8 Å². The number of nitrogens with zero attached hydrogens (tertiary/aromatic N) is 3. The molecule has 25 heavy (non-hydrogen) atoms. The molecular formula is C17H18F2N4O2. The van der Waals surface area contributed by atoms with E-state index in [-0.39, 0.29) is 40.8 Å². The molecule has 0 radical (unpaired) electrons. The molecular weight excluding hydrogens is 330 g/mol. The highest BCUT2D eigenvalue weighted by atomic mass is 19.3. The Kier molecular flexibility index (Phi) is 4.52. The summed E-state index contributed by atoms with van der Waals surface area (Å²) in [6.07, 6.45) is -1.25. The van der Waals surface area contributed by atoms with E-state index in [9.17, 15) is 13.6 Å². The molecule has 8 heteroatoms. The first kappa shape index (κ1) is 17.1. The fraction of sp³-hybridized carbons (Fsp3) is 0.353. The van der Waals surface area contributed by atoms with E-state index in [0.29, 0.717) is 11.5 Å². The number of halogens is 2. The van der Waals surface area contributed by atoms with Crippen molar-refractivity contribution in [3.8, 4) is 11.5 Å². The molecule has 0 aromatic carbocycles. The lowest BCUT2D eigenvalue weighted by Crippen LogP contribution is -2.33. The van der Waals surface area contributed by atoms with Crippen molar-refractivity contribution in [3.05, 3.63) is 35.7 Å². The Bertz CT molecular complexity index is 901. The molecule has 0 aliphatic heterocycles. The number of hydrogen-bond acceptors (Lipinski definition) is 4. The maximum Gasteiger partial charge on any atom is 0.264 e. The second kappa shape index (κ2) is 6.62. The number of fused-ring (bicyclic) bond motifs is 1. The molecule has 0 aliphatic carbocycles. The Morgan fingerprint density at radius 2 is 2.16 bits per heavy atom. The predicted octanol–water partition coefficient (Wildman–Crippen LogP) is 3.46. The molecule has 0 saturated heterocycles. The monoisotopic (exact) mass is 348 g/mol. The van der Waals surface area contributed by atoms with E-state index in [1.807, 2.05) is 13.8 Å². The van der Waals surface area contributed by atoms with Crippen molar-refractivity contribution in [2.75, 3.05) is 0 Å². The van der Waals surface area contributed by atoms with Crippen molar-refractivity contribution in [1.82, 2.24) is 20.1 Å². The molecule has 1 N–H and O–H groups in total. The van der Waals surface area contributed by atoms with Gasteiger partial charge in [-0.05, 0) is 39.0 Å². The van der Waals surface area contributed by atoms with Crippen LogP contribution in [0, 0.1) is 6.92 Å².